The van der Waals surface area contributed by atoms with Crippen molar-refractivity contribution in [1.29, 1.82) is 0 Å². The Morgan fingerprint density at radius 3 is 2.84 bits per heavy atom. The fraction of sp³-hybridized carbons (Fsp3) is 0.500. The summed E-state index contributed by atoms with van der Waals surface area (Å²) in [7, 11) is 0. The Morgan fingerprint density at radius 1 is 1.16 bits per heavy atom. The van der Waals surface area contributed by atoms with Gasteiger partial charge in [-0.3, -0.25) is 0 Å². The van der Waals surface area contributed by atoms with Crippen LogP contribution >= 0.6 is 0 Å². The standard InChI is InChI=1S/C16H25N3/c1-3-11-19(4-2)12-10-17-13-14-6-5-7-16-15(14)8-9-18-16/h5-9,17-18H,3-4,10-13H2,1-2H3. The van der Waals surface area contributed by atoms with Crippen molar-refractivity contribution in [2.45, 2.75) is 26.8 Å². The van der Waals surface area contributed by atoms with Crippen LogP contribution in [0.4, 0.5) is 0 Å². The van der Waals surface area contributed by atoms with Crippen molar-refractivity contribution in [2.75, 3.05) is 26.2 Å². The molecular weight excluding hydrogens is 234 g/mol. The van der Waals surface area contributed by atoms with Gasteiger partial charge in [-0.1, -0.05) is 26.0 Å². The minimum Gasteiger partial charge on any atom is -0.361 e. The average Bonchev–Trinajstić information content (AvgIpc) is 2.91. The van der Waals surface area contributed by atoms with E-state index in [-0.39, 0.29) is 0 Å². The number of nitrogens with zero attached hydrogens (tertiary/aromatic N) is 1. The minimum atomic E-state index is 0.943. The number of fused-ring (bicyclic) bond motifs is 1. The first-order valence-electron chi connectivity index (χ1n) is 7.33. The minimum absolute atomic E-state index is 0.943. The van der Waals surface area contributed by atoms with E-state index in [0.29, 0.717) is 0 Å². The smallest absolute Gasteiger partial charge is 0.0457 e. The van der Waals surface area contributed by atoms with Crippen LogP contribution in [0.15, 0.2) is 30.5 Å². The average molecular weight is 259 g/mol. The van der Waals surface area contributed by atoms with Gasteiger partial charge < -0.3 is 15.2 Å². The van der Waals surface area contributed by atoms with E-state index in [1.165, 1.54) is 29.4 Å². The molecule has 0 unspecified atom stereocenters. The summed E-state index contributed by atoms with van der Waals surface area (Å²) in [5.74, 6) is 0. The number of nitrogens with one attached hydrogen (secondary N) is 2. The van der Waals surface area contributed by atoms with Crippen molar-refractivity contribution >= 4 is 10.9 Å². The Balaban J connectivity index is 1.81. The Labute approximate surface area is 116 Å². The lowest BCUT2D eigenvalue weighted by Crippen LogP contribution is -2.32. The number of H-pyrrole nitrogens is 1. The summed E-state index contributed by atoms with van der Waals surface area (Å²) in [4.78, 5) is 5.75. The molecule has 104 valence electrons. The first-order chi connectivity index (χ1) is 9.35. The van der Waals surface area contributed by atoms with Crippen molar-refractivity contribution in [3.8, 4) is 0 Å². The molecule has 1 aromatic carbocycles. The number of rotatable bonds is 8. The zero-order valence-corrected chi connectivity index (χ0v) is 12.1. The second kappa shape index (κ2) is 7.31. The van der Waals surface area contributed by atoms with Crippen LogP contribution in [0.25, 0.3) is 10.9 Å². The highest BCUT2D eigenvalue weighted by Crippen LogP contribution is 2.16. The summed E-state index contributed by atoms with van der Waals surface area (Å²) in [6.07, 6.45) is 3.24. The molecule has 19 heavy (non-hydrogen) atoms. The molecule has 1 aromatic heterocycles. The Kier molecular flexibility index (Phi) is 5.43. The molecule has 0 aliphatic heterocycles. The van der Waals surface area contributed by atoms with Crippen LogP contribution in [0.3, 0.4) is 0 Å². The van der Waals surface area contributed by atoms with Crippen molar-refractivity contribution in [1.82, 2.24) is 15.2 Å². The third-order valence-electron chi connectivity index (χ3n) is 3.59. The van der Waals surface area contributed by atoms with Gasteiger partial charge in [-0.2, -0.15) is 0 Å². The summed E-state index contributed by atoms with van der Waals surface area (Å²) >= 11 is 0. The van der Waals surface area contributed by atoms with E-state index >= 15 is 0 Å². The van der Waals surface area contributed by atoms with Crippen molar-refractivity contribution in [2.24, 2.45) is 0 Å². The number of aromatic amines is 1. The van der Waals surface area contributed by atoms with Gasteiger partial charge in [0.05, 0.1) is 0 Å². The molecule has 0 radical (unpaired) electrons. The van der Waals surface area contributed by atoms with Crippen molar-refractivity contribution in [3.63, 3.8) is 0 Å². The highest BCUT2D eigenvalue weighted by Gasteiger charge is 2.02. The molecule has 0 atom stereocenters. The topological polar surface area (TPSA) is 31.1 Å². The molecule has 1 heterocycles. The molecule has 0 aliphatic rings. The predicted octanol–water partition coefficient (Wildman–Crippen LogP) is 2.99. The van der Waals surface area contributed by atoms with Gasteiger partial charge in [0.15, 0.2) is 0 Å². The van der Waals surface area contributed by atoms with Gasteiger partial charge in [-0.05, 0) is 37.2 Å². The summed E-state index contributed by atoms with van der Waals surface area (Å²) < 4.78 is 0. The molecular formula is C16H25N3. The third-order valence-corrected chi connectivity index (χ3v) is 3.59. The number of hydrogen-bond acceptors (Lipinski definition) is 2. The van der Waals surface area contributed by atoms with Gasteiger partial charge in [0, 0.05) is 36.7 Å². The quantitative estimate of drug-likeness (QED) is 0.714. The van der Waals surface area contributed by atoms with Crippen molar-refractivity contribution in [3.05, 3.63) is 36.0 Å². The van der Waals surface area contributed by atoms with E-state index in [2.05, 4.69) is 53.3 Å². The Hall–Kier alpha value is -1.32. The zero-order valence-electron chi connectivity index (χ0n) is 12.1. The van der Waals surface area contributed by atoms with E-state index < -0.39 is 0 Å². The summed E-state index contributed by atoms with van der Waals surface area (Å²) in [6.45, 7) is 9.94. The van der Waals surface area contributed by atoms with Crippen LogP contribution in [0.2, 0.25) is 0 Å². The molecule has 2 N–H and O–H groups in total. The van der Waals surface area contributed by atoms with E-state index in [4.69, 9.17) is 0 Å². The van der Waals surface area contributed by atoms with E-state index in [1.54, 1.807) is 0 Å². The lowest BCUT2D eigenvalue weighted by atomic mass is 10.1. The zero-order chi connectivity index (χ0) is 13.5. The SMILES string of the molecule is CCCN(CC)CCNCc1cccc2[nH]ccc12. The number of hydrogen-bond donors (Lipinski definition) is 2. The molecule has 0 aliphatic carbocycles. The van der Waals surface area contributed by atoms with Gasteiger partial charge >= 0.3 is 0 Å². The summed E-state index contributed by atoms with van der Waals surface area (Å²) in [5, 5.41) is 4.88. The summed E-state index contributed by atoms with van der Waals surface area (Å²) in [6, 6.07) is 8.60. The lowest BCUT2D eigenvalue weighted by Gasteiger charge is -2.19. The molecule has 0 amide bonds. The van der Waals surface area contributed by atoms with Crippen LogP contribution in [-0.4, -0.2) is 36.1 Å². The Morgan fingerprint density at radius 2 is 2.05 bits per heavy atom. The molecule has 3 nitrogen and oxygen atoms in total. The molecule has 0 saturated carbocycles. The normalized spacial score (nSPS) is 11.5. The van der Waals surface area contributed by atoms with Crippen LogP contribution in [-0.2, 0) is 6.54 Å². The highest BCUT2D eigenvalue weighted by atomic mass is 15.1. The lowest BCUT2D eigenvalue weighted by molar-refractivity contribution is 0.287. The van der Waals surface area contributed by atoms with E-state index in [1.807, 2.05) is 6.20 Å². The molecule has 0 saturated heterocycles. The predicted molar refractivity (Wildman–Crippen MR) is 82.4 cm³/mol. The molecule has 0 spiro atoms. The fourth-order valence-corrected chi connectivity index (χ4v) is 2.51. The molecule has 3 heteroatoms. The van der Waals surface area contributed by atoms with Crippen molar-refractivity contribution < 1.29 is 0 Å². The maximum atomic E-state index is 3.55. The maximum Gasteiger partial charge on any atom is 0.0457 e. The van der Waals surface area contributed by atoms with E-state index in [9.17, 15) is 0 Å². The number of aromatic nitrogens is 1. The second-order valence-corrected chi connectivity index (χ2v) is 4.97. The monoisotopic (exact) mass is 259 g/mol. The molecule has 2 rings (SSSR count). The van der Waals surface area contributed by atoms with Crippen LogP contribution in [0.1, 0.15) is 25.8 Å². The fourth-order valence-electron chi connectivity index (χ4n) is 2.51. The van der Waals surface area contributed by atoms with E-state index in [0.717, 1.165) is 26.2 Å². The van der Waals surface area contributed by atoms with Crippen LogP contribution in [0, 0.1) is 0 Å². The summed E-state index contributed by atoms with van der Waals surface area (Å²) in [5.41, 5.74) is 2.60. The van der Waals surface area contributed by atoms with Gasteiger partial charge in [-0.25, -0.2) is 0 Å². The van der Waals surface area contributed by atoms with Crippen LogP contribution < -0.4 is 5.32 Å². The number of benzene rings is 1. The van der Waals surface area contributed by atoms with Gasteiger partial charge in [0.2, 0.25) is 0 Å². The van der Waals surface area contributed by atoms with Crippen LogP contribution in [0.5, 0.6) is 0 Å². The van der Waals surface area contributed by atoms with Gasteiger partial charge in [0.25, 0.3) is 0 Å². The maximum absolute atomic E-state index is 3.55. The highest BCUT2D eigenvalue weighted by molar-refractivity contribution is 5.82. The number of likely N-dealkylation sites (N-methyl/N-ethyl adjacent to an activating group) is 1. The van der Waals surface area contributed by atoms with Gasteiger partial charge in [-0.15, -0.1) is 0 Å². The second-order valence-electron chi connectivity index (χ2n) is 4.97. The largest absolute Gasteiger partial charge is 0.361 e. The molecule has 0 fully saturated rings. The molecule has 0 bridgehead atoms. The third kappa shape index (κ3) is 3.82. The molecule has 2 aromatic rings. The first kappa shape index (κ1) is 14.1. The van der Waals surface area contributed by atoms with Gasteiger partial charge in [0.1, 0.15) is 0 Å². The Bertz CT molecular complexity index is 489. The first-order valence-corrected chi connectivity index (χ1v) is 7.33.